The molecule has 9 heteroatoms. The molecule has 8 nitrogen and oxygen atoms in total. The number of nitrogens with zero attached hydrogens (tertiary/aromatic N) is 3. The number of hydrogen-bond acceptors (Lipinski definition) is 6. The molecule has 0 radical (unpaired) electrons. The minimum absolute atomic E-state index is 0.0459. The minimum Gasteiger partial charge on any atom is -0.369 e. The van der Waals surface area contributed by atoms with Gasteiger partial charge in [-0.3, -0.25) is 0 Å². The smallest absolute Gasteiger partial charge is 0.238 e. The van der Waals surface area contributed by atoms with Crippen LogP contribution in [0.15, 0.2) is 47.4 Å². The van der Waals surface area contributed by atoms with E-state index in [0.717, 1.165) is 37.4 Å². The lowest BCUT2D eigenvalue weighted by atomic mass is 10.2. The number of piperazine rings is 1. The third-order valence-electron chi connectivity index (χ3n) is 4.78. The number of benzene rings is 2. The molecule has 1 saturated heterocycles. The summed E-state index contributed by atoms with van der Waals surface area (Å²) in [4.78, 5) is 12.3. The predicted molar refractivity (Wildman–Crippen MR) is 107 cm³/mol. The van der Waals surface area contributed by atoms with Gasteiger partial charge >= 0.3 is 0 Å². The van der Waals surface area contributed by atoms with Gasteiger partial charge in [-0.05, 0) is 49.5 Å². The quantitative estimate of drug-likeness (QED) is 0.630. The second-order valence-electron chi connectivity index (χ2n) is 6.77. The van der Waals surface area contributed by atoms with Crippen LogP contribution in [0.4, 0.5) is 17.3 Å². The molecule has 0 amide bonds. The van der Waals surface area contributed by atoms with Gasteiger partial charge in [-0.25, -0.2) is 18.5 Å². The highest BCUT2D eigenvalue weighted by molar-refractivity contribution is 7.89. The van der Waals surface area contributed by atoms with E-state index in [9.17, 15) is 8.42 Å². The van der Waals surface area contributed by atoms with Crippen molar-refractivity contribution in [1.29, 1.82) is 0 Å². The van der Waals surface area contributed by atoms with Gasteiger partial charge in [0.2, 0.25) is 16.0 Å². The zero-order chi connectivity index (χ0) is 19.0. The van der Waals surface area contributed by atoms with Gasteiger partial charge in [0.05, 0.1) is 15.9 Å². The monoisotopic (exact) mass is 386 g/mol. The summed E-state index contributed by atoms with van der Waals surface area (Å²) in [5.74, 6) is 0.545. The molecule has 4 N–H and O–H groups in total. The van der Waals surface area contributed by atoms with Crippen LogP contribution >= 0.6 is 0 Å². The normalized spacial score (nSPS) is 16.0. The third kappa shape index (κ3) is 3.90. The molecule has 0 spiro atoms. The molecule has 2 aromatic carbocycles. The van der Waals surface area contributed by atoms with Crippen LogP contribution in [0.2, 0.25) is 0 Å². The number of fused-ring (bicyclic) bond motifs is 1. The van der Waals surface area contributed by atoms with E-state index in [0.29, 0.717) is 11.5 Å². The lowest BCUT2D eigenvalue weighted by Crippen LogP contribution is -2.44. The van der Waals surface area contributed by atoms with Crippen LogP contribution in [-0.2, 0) is 10.0 Å². The van der Waals surface area contributed by atoms with Gasteiger partial charge in [-0.2, -0.15) is 0 Å². The van der Waals surface area contributed by atoms with Gasteiger partial charge in [0.15, 0.2) is 0 Å². The number of sulfonamides is 1. The van der Waals surface area contributed by atoms with Crippen molar-refractivity contribution < 1.29 is 8.42 Å². The van der Waals surface area contributed by atoms with Gasteiger partial charge in [0.25, 0.3) is 0 Å². The fourth-order valence-corrected chi connectivity index (χ4v) is 3.71. The van der Waals surface area contributed by atoms with Crippen molar-refractivity contribution in [3.05, 3.63) is 42.5 Å². The maximum Gasteiger partial charge on any atom is 0.238 e. The summed E-state index contributed by atoms with van der Waals surface area (Å²) in [6, 6.07) is 12.8. The van der Waals surface area contributed by atoms with E-state index in [-0.39, 0.29) is 4.90 Å². The summed E-state index contributed by atoms with van der Waals surface area (Å²) < 4.78 is 22.9. The first-order chi connectivity index (χ1) is 12.9. The molecule has 0 aliphatic carbocycles. The molecule has 0 saturated carbocycles. The number of primary sulfonamides is 1. The predicted octanol–water partition coefficient (Wildman–Crippen LogP) is 1.71. The number of nitrogens with one attached hydrogen (secondary N) is 2. The zero-order valence-electron chi connectivity index (χ0n) is 15.0. The Morgan fingerprint density at radius 2 is 1.78 bits per heavy atom. The molecule has 0 unspecified atom stereocenters. The molecular weight excluding hydrogens is 364 g/mol. The summed E-state index contributed by atoms with van der Waals surface area (Å²) in [5, 5.41) is 8.39. The molecule has 2 heterocycles. The van der Waals surface area contributed by atoms with Gasteiger partial charge in [0, 0.05) is 37.6 Å². The minimum atomic E-state index is -3.74. The maximum absolute atomic E-state index is 11.5. The van der Waals surface area contributed by atoms with Crippen molar-refractivity contribution in [3.8, 4) is 0 Å². The lowest BCUT2D eigenvalue weighted by Gasteiger charge is -2.34. The Morgan fingerprint density at radius 3 is 2.44 bits per heavy atom. The van der Waals surface area contributed by atoms with E-state index in [1.165, 1.54) is 17.8 Å². The molecular formula is C18H22N6O2S. The fourth-order valence-electron chi connectivity index (χ4n) is 3.18. The Morgan fingerprint density at radius 1 is 1.07 bits per heavy atom. The Labute approximate surface area is 158 Å². The van der Waals surface area contributed by atoms with E-state index >= 15 is 0 Å². The average molecular weight is 386 g/mol. The Hall–Kier alpha value is -2.62. The van der Waals surface area contributed by atoms with Crippen LogP contribution in [0.25, 0.3) is 11.0 Å². The lowest BCUT2D eigenvalue weighted by molar-refractivity contribution is 0.313. The highest BCUT2D eigenvalue weighted by atomic mass is 32.2. The maximum atomic E-state index is 11.5. The van der Waals surface area contributed by atoms with Crippen LogP contribution in [0.1, 0.15) is 0 Å². The second-order valence-corrected chi connectivity index (χ2v) is 8.33. The van der Waals surface area contributed by atoms with Crippen LogP contribution in [0, 0.1) is 0 Å². The molecule has 1 fully saturated rings. The molecule has 1 aliphatic rings. The zero-order valence-corrected chi connectivity index (χ0v) is 15.8. The number of nitrogens with two attached hydrogens (primary N) is 1. The van der Waals surface area contributed by atoms with Crippen molar-refractivity contribution in [2.75, 3.05) is 43.4 Å². The standard InChI is InChI=1S/C18H22N6O2S/c1-23-8-10-24(11-9-23)14-4-2-13(3-5-14)20-18-21-16-7-6-15(27(19,25)26)12-17(16)22-18/h2-7,12H,8-11H2,1H3,(H2,19,25,26)(H2,20,21,22). The first kappa shape index (κ1) is 17.8. The number of imidazole rings is 1. The molecule has 3 aromatic rings. The van der Waals surface area contributed by atoms with Crippen LogP contribution < -0.4 is 15.4 Å². The summed E-state index contributed by atoms with van der Waals surface area (Å²) in [7, 11) is -1.60. The van der Waals surface area contributed by atoms with E-state index in [1.54, 1.807) is 6.07 Å². The number of rotatable bonds is 4. The molecule has 0 bridgehead atoms. The number of aromatic amines is 1. The van der Waals surface area contributed by atoms with E-state index < -0.39 is 10.0 Å². The van der Waals surface area contributed by atoms with Crippen LogP contribution in [-0.4, -0.2) is 56.5 Å². The highest BCUT2D eigenvalue weighted by Crippen LogP contribution is 2.23. The number of H-pyrrole nitrogens is 1. The molecule has 1 aliphatic heterocycles. The Balaban J connectivity index is 1.50. The molecule has 142 valence electrons. The average Bonchev–Trinajstić information content (AvgIpc) is 3.04. The number of likely N-dealkylation sites (N-methyl/N-ethyl adjacent to an activating group) is 1. The van der Waals surface area contributed by atoms with Crippen LogP contribution in [0.3, 0.4) is 0 Å². The van der Waals surface area contributed by atoms with Crippen molar-refractivity contribution in [1.82, 2.24) is 14.9 Å². The molecule has 27 heavy (non-hydrogen) atoms. The first-order valence-corrected chi connectivity index (χ1v) is 10.3. The highest BCUT2D eigenvalue weighted by Gasteiger charge is 2.14. The van der Waals surface area contributed by atoms with E-state index in [4.69, 9.17) is 5.14 Å². The van der Waals surface area contributed by atoms with E-state index in [2.05, 4.69) is 44.3 Å². The summed E-state index contributed by atoms with van der Waals surface area (Å²) in [5.41, 5.74) is 3.38. The molecule has 1 aromatic heterocycles. The summed E-state index contributed by atoms with van der Waals surface area (Å²) >= 11 is 0. The Bertz CT molecular complexity index is 1050. The molecule has 4 rings (SSSR count). The largest absolute Gasteiger partial charge is 0.369 e. The summed E-state index contributed by atoms with van der Waals surface area (Å²) in [6.45, 7) is 4.19. The van der Waals surface area contributed by atoms with Crippen molar-refractivity contribution in [2.45, 2.75) is 4.90 Å². The topological polar surface area (TPSA) is 107 Å². The number of hydrogen-bond donors (Lipinski definition) is 3. The van der Waals surface area contributed by atoms with Crippen molar-refractivity contribution in [2.24, 2.45) is 5.14 Å². The second kappa shape index (κ2) is 6.84. The fraction of sp³-hybridized carbons (Fsp3) is 0.278. The van der Waals surface area contributed by atoms with Crippen LogP contribution in [0.5, 0.6) is 0 Å². The van der Waals surface area contributed by atoms with Crippen molar-refractivity contribution >= 4 is 38.4 Å². The number of aromatic nitrogens is 2. The SMILES string of the molecule is CN1CCN(c2ccc(Nc3nc4cc(S(N)(=O)=O)ccc4[nH]3)cc2)CC1. The van der Waals surface area contributed by atoms with Gasteiger partial charge in [-0.15, -0.1) is 0 Å². The number of anilines is 3. The van der Waals surface area contributed by atoms with Gasteiger partial charge in [-0.1, -0.05) is 0 Å². The van der Waals surface area contributed by atoms with Crippen molar-refractivity contribution in [3.63, 3.8) is 0 Å². The van der Waals surface area contributed by atoms with E-state index in [1.807, 2.05) is 12.1 Å². The van der Waals surface area contributed by atoms with Gasteiger partial charge in [0.1, 0.15) is 0 Å². The van der Waals surface area contributed by atoms with Gasteiger partial charge < -0.3 is 20.1 Å². The Kier molecular flexibility index (Phi) is 4.50. The first-order valence-electron chi connectivity index (χ1n) is 8.72. The summed E-state index contributed by atoms with van der Waals surface area (Å²) in [6.07, 6.45) is 0. The molecule has 0 atom stereocenters. The third-order valence-corrected chi connectivity index (χ3v) is 5.69.